The van der Waals surface area contributed by atoms with Crippen LogP contribution in [0.5, 0.6) is 0 Å². The van der Waals surface area contributed by atoms with Crippen LogP contribution in [0.1, 0.15) is 80.9 Å². The van der Waals surface area contributed by atoms with Crippen molar-refractivity contribution in [2.45, 2.75) is 76.2 Å². The van der Waals surface area contributed by atoms with E-state index in [0.717, 1.165) is 42.4 Å². The number of carbonyl (C=O) groups excluding carboxylic acids is 3. The minimum atomic E-state index is -0.528. The predicted molar refractivity (Wildman–Crippen MR) is 123 cm³/mol. The third-order valence-electron chi connectivity index (χ3n) is 6.80. The van der Waals surface area contributed by atoms with Gasteiger partial charge in [-0.15, -0.1) is 0 Å². The number of urea groups is 1. The molecule has 7 nitrogen and oxygen atoms in total. The lowest BCUT2D eigenvalue weighted by molar-refractivity contribution is -0.122. The minimum absolute atomic E-state index is 0.0541. The van der Waals surface area contributed by atoms with Gasteiger partial charge in [0, 0.05) is 25.8 Å². The van der Waals surface area contributed by atoms with E-state index in [-0.39, 0.29) is 24.1 Å². The van der Waals surface area contributed by atoms with E-state index in [1.54, 1.807) is 0 Å². The minimum Gasteiger partial charge on any atom is -0.330 e. The first-order valence-corrected chi connectivity index (χ1v) is 12.0. The highest BCUT2D eigenvalue weighted by molar-refractivity contribution is 5.86. The topological polar surface area (TPSA) is 90.5 Å². The summed E-state index contributed by atoms with van der Waals surface area (Å²) in [6.45, 7) is 0.498. The molecule has 3 aliphatic heterocycles. The van der Waals surface area contributed by atoms with Crippen LogP contribution >= 0.6 is 0 Å². The molecule has 0 radical (unpaired) electrons. The number of ketones is 2. The van der Waals surface area contributed by atoms with E-state index >= 15 is 0 Å². The third-order valence-corrected chi connectivity index (χ3v) is 6.80. The molecule has 1 atom stereocenters. The Morgan fingerprint density at radius 3 is 2.56 bits per heavy atom. The SMILES string of the molecule is O=C1CCCCCCCC/C=C\c2ccc3c(c2)C2(CCN(NN2)C(=O)NC1)CC(=O)C3. The first-order chi connectivity index (χ1) is 15.6. The smallest absolute Gasteiger partial charge is 0.330 e. The summed E-state index contributed by atoms with van der Waals surface area (Å²) in [5.41, 5.74) is 9.06. The summed E-state index contributed by atoms with van der Waals surface area (Å²) in [5, 5.41) is 4.17. The van der Waals surface area contributed by atoms with Gasteiger partial charge in [-0.2, -0.15) is 5.53 Å². The van der Waals surface area contributed by atoms with Crippen molar-refractivity contribution in [3.8, 4) is 0 Å². The van der Waals surface area contributed by atoms with Crippen molar-refractivity contribution in [1.29, 1.82) is 0 Å². The van der Waals surface area contributed by atoms with E-state index in [2.05, 4.69) is 46.6 Å². The predicted octanol–water partition coefficient (Wildman–Crippen LogP) is 3.54. The number of hydrogen-bond donors (Lipinski definition) is 3. The van der Waals surface area contributed by atoms with Crippen molar-refractivity contribution in [1.82, 2.24) is 21.3 Å². The summed E-state index contributed by atoms with van der Waals surface area (Å²) in [7, 11) is 0. The van der Waals surface area contributed by atoms with Crippen molar-refractivity contribution >= 4 is 23.7 Å². The Kier molecular flexibility index (Phi) is 7.37. The zero-order chi connectivity index (χ0) is 22.4. The molecule has 4 bridgehead atoms. The summed E-state index contributed by atoms with van der Waals surface area (Å²) in [6.07, 6.45) is 14.1. The van der Waals surface area contributed by atoms with Gasteiger partial charge in [0.1, 0.15) is 5.78 Å². The van der Waals surface area contributed by atoms with E-state index in [0.29, 0.717) is 32.2 Å². The molecule has 1 saturated heterocycles. The van der Waals surface area contributed by atoms with E-state index in [1.807, 2.05) is 0 Å². The van der Waals surface area contributed by atoms with Gasteiger partial charge in [0.25, 0.3) is 0 Å². The molecule has 1 aromatic carbocycles. The average Bonchev–Trinajstić information content (AvgIpc) is 2.79. The molecule has 3 N–H and O–H groups in total. The molecule has 1 unspecified atom stereocenters. The Balaban J connectivity index is 1.53. The molecule has 0 saturated carbocycles. The third kappa shape index (κ3) is 5.45. The maximum absolute atomic E-state index is 12.5. The standard InChI is InChI=1S/C25H34N4O3/c30-21-10-8-6-4-2-1-3-5-7-9-19-11-12-20-16-22(31)17-25(23(20)15-19)13-14-29(28-27-25)24(32)26-18-21/h7,9,11-12,15,27-28H,1-6,8,10,13-14,16-18H2,(H,26,32)/b9-7-. The Bertz CT molecular complexity index is 887. The maximum atomic E-state index is 12.5. The first-order valence-electron chi connectivity index (χ1n) is 12.0. The Morgan fingerprint density at radius 1 is 0.938 bits per heavy atom. The number of carbonyl (C=O) groups is 3. The number of nitrogens with zero attached hydrogens (tertiary/aromatic N) is 1. The molecule has 3 heterocycles. The molecule has 1 aromatic rings. The quantitative estimate of drug-likeness (QED) is 0.576. The van der Waals surface area contributed by atoms with Gasteiger partial charge in [-0.3, -0.25) is 9.59 Å². The molecule has 1 fully saturated rings. The molecule has 172 valence electrons. The van der Waals surface area contributed by atoms with Crippen LogP contribution in [0.3, 0.4) is 0 Å². The molecule has 1 aliphatic carbocycles. The van der Waals surface area contributed by atoms with Crippen molar-refractivity contribution in [3.63, 3.8) is 0 Å². The Hall–Kier alpha value is -2.51. The highest BCUT2D eigenvalue weighted by Gasteiger charge is 2.43. The van der Waals surface area contributed by atoms with Gasteiger partial charge in [0.2, 0.25) is 0 Å². The van der Waals surface area contributed by atoms with Gasteiger partial charge in [0.05, 0.1) is 12.1 Å². The van der Waals surface area contributed by atoms with Crippen LogP contribution < -0.4 is 16.3 Å². The van der Waals surface area contributed by atoms with Gasteiger partial charge in [-0.25, -0.2) is 15.2 Å². The Morgan fingerprint density at radius 2 is 1.75 bits per heavy atom. The summed E-state index contributed by atoms with van der Waals surface area (Å²) >= 11 is 0. The van der Waals surface area contributed by atoms with Gasteiger partial charge in [0.15, 0.2) is 5.78 Å². The van der Waals surface area contributed by atoms with E-state index < -0.39 is 5.54 Å². The fourth-order valence-electron chi connectivity index (χ4n) is 4.96. The molecule has 7 heteroatoms. The number of allylic oxidation sites excluding steroid dienone is 1. The lowest BCUT2D eigenvalue weighted by Gasteiger charge is -2.45. The Labute approximate surface area is 189 Å². The van der Waals surface area contributed by atoms with Crippen LogP contribution in [0.15, 0.2) is 24.3 Å². The number of Topliss-reactive ketones (excluding diaryl/α,β-unsaturated/α-hetero) is 2. The lowest BCUT2D eigenvalue weighted by Crippen LogP contribution is -2.66. The number of nitrogens with one attached hydrogen (secondary N) is 3. The fourth-order valence-corrected chi connectivity index (χ4v) is 4.96. The van der Waals surface area contributed by atoms with E-state index in [1.165, 1.54) is 24.3 Å². The van der Waals surface area contributed by atoms with Gasteiger partial charge >= 0.3 is 6.03 Å². The number of fused-ring (bicyclic) bond motifs is 14. The number of hydrazine groups is 2. The normalized spacial score (nSPS) is 26.9. The van der Waals surface area contributed by atoms with Crippen LogP contribution in [0, 0.1) is 0 Å². The second-order valence-electron chi connectivity index (χ2n) is 9.29. The highest BCUT2D eigenvalue weighted by Crippen LogP contribution is 2.38. The van der Waals surface area contributed by atoms with Gasteiger partial charge in [-0.05, 0) is 48.4 Å². The maximum Gasteiger partial charge on any atom is 0.333 e. The highest BCUT2D eigenvalue weighted by atomic mass is 16.2. The summed E-state index contributed by atoms with van der Waals surface area (Å²) < 4.78 is 0. The molecule has 32 heavy (non-hydrogen) atoms. The van der Waals surface area contributed by atoms with Crippen molar-refractivity contribution in [2.24, 2.45) is 0 Å². The van der Waals surface area contributed by atoms with Crippen LogP contribution in [-0.2, 0) is 21.5 Å². The number of benzene rings is 1. The number of amides is 2. The molecule has 2 amide bonds. The second kappa shape index (κ2) is 10.4. The van der Waals surface area contributed by atoms with E-state index in [9.17, 15) is 14.4 Å². The second-order valence-corrected chi connectivity index (χ2v) is 9.29. The van der Waals surface area contributed by atoms with Crippen molar-refractivity contribution in [2.75, 3.05) is 13.1 Å². The number of hydrogen-bond acceptors (Lipinski definition) is 5. The lowest BCUT2D eigenvalue weighted by atomic mass is 9.73. The van der Waals surface area contributed by atoms with Crippen molar-refractivity contribution in [3.05, 3.63) is 41.0 Å². The van der Waals surface area contributed by atoms with Gasteiger partial charge < -0.3 is 5.32 Å². The zero-order valence-corrected chi connectivity index (χ0v) is 18.8. The van der Waals surface area contributed by atoms with Crippen LogP contribution in [-0.4, -0.2) is 35.7 Å². The first kappa shape index (κ1) is 22.7. The largest absolute Gasteiger partial charge is 0.333 e. The molecular weight excluding hydrogens is 404 g/mol. The number of rotatable bonds is 0. The molecule has 0 aromatic heterocycles. The van der Waals surface area contributed by atoms with Crippen LogP contribution in [0.25, 0.3) is 6.08 Å². The monoisotopic (exact) mass is 438 g/mol. The molecule has 4 aliphatic rings. The van der Waals surface area contributed by atoms with E-state index in [4.69, 9.17) is 0 Å². The summed E-state index contributed by atoms with van der Waals surface area (Å²) in [4.78, 5) is 37.1. The summed E-state index contributed by atoms with van der Waals surface area (Å²) in [6, 6.07) is 6.01. The average molecular weight is 439 g/mol. The molecule has 1 spiro atoms. The zero-order valence-electron chi connectivity index (χ0n) is 18.8. The van der Waals surface area contributed by atoms with Crippen LogP contribution in [0.2, 0.25) is 0 Å². The van der Waals surface area contributed by atoms with Gasteiger partial charge in [-0.1, -0.05) is 50.0 Å². The summed E-state index contributed by atoms with van der Waals surface area (Å²) in [5.74, 6) is 0.263. The molecule has 5 rings (SSSR count). The van der Waals surface area contributed by atoms with Crippen LogP contribution in [0.4, 0.5) is 4.79 Å². The fraction of sp³-hybridized carbons (Fsp3) is 0.560. The molecular formula is C25H34N4O3. The van der Waals surface area contributed by atoms with Crippen molar-refractivity contribution < 1.29 is 14.4 Å².